The molecule has 5 heteroatoms. The molecule has 0 saturated carbocycles. The second-order valence-corrected chi connectivity index (χ2v) is 5.68. The van der Waals surface area contributed by atoms with Gasteiger partial charge in [-0.05, 0) is 42.1 Å². The van der Waals surface area contributed by atoms with Gasteiger partial charge in [-0.15, -0.1) is 11.3 Å². The SMILES string of the molecule is CCNC(c1csc(C)c1)c1ccccc1C(F)(F)F. The Morgan fingerprint density at radius 3 is 2.50 bits per heavy atom. The standard InChI is InChI=1S/C15H16F3NS/c1-3-19-14(11-8-10(2)20-9-11)12-6-4-5-7-13(12)15(16,17)18/h4-9,14,19H,3H2,1-2H3. The van der Waals surface area contributed by atoms with E-state index in [1.165, 1.54) is 6.07 Å². The Bertz CT molecular complexity index is 574. The molecular formula is C15H16F3NS. The number of aryl methyl sites for hydroxylation is 1. The monoisotopic (exact) mass is 299 g/mol. The summed E-state index contributed by atoms with van der Waals surface area (Å²) in [5.41, 5.74) is 0.584. The first-order valence-electron chi connectivity index (χ1n) is 6.38. The maximum atomic E-state index is 13.1. The van der Waals surface area contributed by atoms with Crippen LogP contribution in [-0.2, 0) is 6.18 Å². The molecule has 0 bridgehead atoms. The number of nitrogens with one attached hydrogen (secondary N) is 1. The number of benzene rings is 1. The Balaban J connectivity index is 2.50. The van der Waals surface area contributed by atoms with Gasteiger partial charge in [0.05, 0.1) is 11.6 Å². The van der Waals surface area contributed by atoms with Crippen LogP contribution in [0.5, 0.6) is 0 Å². The molecule has 1 aromatic heterocycles. The maximum Gasteiger partial charge on any atom is 0.416 e. The fourth-order valence-corrected chi connectivity index (χ4v) is 2.96. The summed E-state index contributed by atoms with van der Waals surface area (Å²) in [5, 5.41) is 5.06. The van der Waals surface area contributed by atoms with Crippen LogP contribution in [0.3, 0.4) is 0 Å². The molecule has 1 heterocycles. The smallest absolute Gasteiger partial charge is 0.306 e. The third kappa shape index (κ3) is 3.22. The van der Waals surface area contributed by atoms with Gasteiger partial charge in [0.15, 0.2) is 0 Å². The summed E-state index contributed by atoms with van der Waals surface area (Å²) < 4.78 is 39.4. The van der Waals surface area contributed by atoms with E-state index in [0.717, 1.165) is 16.5 Å². The topological polar surface area (TPSA) is 12.0 Å². The first-order valence-corrected chi connectivity index (χ1v) is 7.26. The maximum absolute atomic E-state index is 13.1. The van der Waals surface area contributed by atoms with Gasteiger partial charge < -0.3 is 5.32 Å². The molecule has 1 atom stereocenters. The summed E-state index contributed by atoms with van der Waals surface area (Å²) in [6.07, 6.45) is -4.34. The highest BCUT2D eigenvalue weighted by molar-refractivity contribution is 7.10. The van der Waals surface area contributed by atoms with E-state index >= 15 is 0 Å². The zero-order valence-electron chi connectivity index (χ0n) is 11.3. The van der Waals surface area contributed by atoms with E-state index in [4.69, 9.17) is 0 Å². The van der Waals surface area contributed by atoms with Crippen LogP contribution >= 0.6 is 11.3 Å². The number of alkyl halides is 3. The lowest BCUT2D eigenvalue weighted by atomic mass is 9.95. The minimum absolute atomic E-state index is 0.277. The summed E-state index contributed by atoms with van der Waals surface area (Å²) in [6, 6.07) is 7.26. The lowest BCUT2D eigenvalue weighted by Crippen LogP contribution is -2.24. The third-order valence-corrected chi connectivity index (χ3v) is 3.95. The van der Waals surface area contributed by atoms with Gasteiger partial charge in [-0.1, -0.05) is 25.1 Å². The summed E-state index contributed by atoms with van der Waals surface area (Å²) in [5.74, 6) is 0. The van der Waals surface area contributed by atoms with E-state index in [0.29, 0.717) is 6.54 Å². The molecule has 0 saturated heterocycles. The van der Waals surface area contributed by atoms with Crippen LogP contribution in [0.4, 0.5) is 13.2 Å². The van der Waals surface area contributed by atoms with Crippen molar-refractivity contribution in [1.82, 2.24) is 5.32 Å². The largest absolute Gasteiger partial charge is 0.416 e. The Hall–Kier alpha value is -1.33. The second-order valence-electron chi connectivity index (χ2n) is 4.57. The van der Waals surface area contributed by atoms with Gasteiger partial charge in [0.25, 0.3) is 0 Å². The van der Waals surface area contributed by atoms with E-state index < -0.39 is 17.8 Å². The average Bonchev–Trinajstić information content (AvgIpc) is 2.81. The molecule has 0 spiro atoms. The van der Waals surface area contributed by atoms with Gasteiger partial charge in [-0.2, -0.15) is 13.2 Å². The van der Waals surface area contributed by atoms with Crippen molar-refractivity contribution < 1.29 is 13.2 Å². The molecule has 0 aliphatic rings. The Morgan fingerprint density at radius 1 is 1.25 bits per heavy atom. The molecule has 2 aromatic rings. The van der Waals surface area contributed by atoms with Gasteiger partial charge in [0.2, 0.25) is 0 Å². The van der Waals surface area contributed by atoms with Crippen LogP contribution in [0, 0.1) is 6.92 Å². The van der Waals surface area contributed by atoms with Crippen molar-refractivity contribution in [2.45, 2.75) is 26.1 Å². The number of thiophene rings is 1. The predicted molar refractivity (Wildman–Crippen MR) is 76.0 cm³/mol. The van der Waals surface area contributed by atoms with Crippen LogP contribution in [0.1, 0.15) is 34.5 Å². The Labute approximate surface area is 120 Å². The van der Waals surface area contributed by atoms with Gasteiger partial charge in [-0.3, -0.25) is 0 Å². The third-order valence-electron chi connectivity index (χ3n) is 3.07. The summed E-state index contributed by atoms with van der Waals surface area (Å²) >= 11 is 1.55. The van der Waals surface area contributed by atoms with Gasteiger partial charge in [0, 0.05) is 4.88 Å². The highest BCUT2D eigenvalue weighted by atomic mass is 32.1. The van der Waals surface area contributed by atoms with Crippen molar-refractivity contribution >= 4 is 11.3 Å². The van der Waals surface area contributed by atoms with Crippen LogP contribution in [0.25, 0.3) is 0 Å². The molecule has 1 aromatic carbocycles. The number of rotatable bonds is 4. The lowest BCUT2D eigenvalue weighted by molar-refractivity contribution is -0.138. The minimum Gasteiger partial charge on any atom is -0.306 e. The first-order chi connectivity index (χ1) is 9.43. The molecule has 1 N–H and O–H groups in total. The normalized spacial score (nSPS) is 13.4. The number of halogens is 3. The molecule has 0 aliphatic carbocycles. The second kappa shape index (κ2) is 5.97. The highest BCUT2D eigenvalue weighted by Gasteiger charge is 2.35. The van der Waals surface area contributed by atoms with Crippen molar-refractivity contribution in [1.29, 1.82) is 0 Å². The molecule has 0 amide bonds. The summed E-state index contributed by atoms with van der Waals surface area (Å²) in [6.45, 7) is 4.45. The van der Waals surface area contributed by atoms with Gasteiger partial charge in [0.1, 0.15) is 0 Å². The van der Waals surface area contributed by atoms with E-state index in [1.807, 2.05) is 25.3 Å². The van der Waals surface area contributed by atoms with Gasteiger partial charge in [-0.25, -0.2) is 0 Å². The van der Waals surface area contributed by atoms with Crippen molar-refractivity contribution in [3.8, 4) is 0 Å². The lowest BCUT2D eigenvalue weighted by Gasteiger charge is -2.22. The molecule has 1 nitrogen and oxygen atoms in total. The summed E-state index contributed by atoms with van der Waals surface area (Å²) in [4.78, 5) is 1.09. The zero-order chi connectivity index (χ0) is 14.8. The highest BCUT2D eigenvalue weighted by Crippen LogP contribution is 2.37. The molecule has 108 valence electrons. The molecule has 2 rings (SSSR count). The molecule has 20 heavy (non-hydrogen) atoms. The Kier molecular flexibility index (Phi) is 4.50. The first kappa shape index (κ1) is 15.1. The van der Waals surface area contributed by atoms with Crippen molar-refractivity contribution in [2.24, 2.45) is 0 Å². The average molecular weight is 299 g/mol. The quantitative estimate of drug-likeness (QED) is 0.857. The fraction of sp³-hybridized carbons (Fsp3) is 0.333. The van der Waals surface area contributed by atoms with E-state index in [2.05, 4.69) is 5.32 Å². The molecule has 0 radical (unpaired) electrons. The zero-order valence-corrected chi connectivity index (χ0v) is 12.1. The molecule has 1 unspecified atom stereocenters. The van der Waals surface area contributed by atoms with E-state index in [1.54, 1.807) is 23.5 Å². The van der Waals surface area contributed by atoms with Crippen LogP contribution in [0.15, 0.2) is 35.7 Å². The fourth-order valence-electron chi connectivity index (χ4n) is 2.23. The van der Waals surface area contributed by atoms with E-state index in [9.17, 15) is 13.2 Å². The van der Waals surface area contributed by atoms with Crippen molar-refractivity contribution in [3.05, 3.63) is 57.3 Å². The van der Waals surface area contributed by atoms with Crippen LogP contribution in [-0.4, -0.2) is 6.54 Å². The van der Waals surface area contributed by atoms with Crippen molar-refractivity contribution in [3.63, 3.8) is 0 Å². The molecule has 0 aliphatic heterocycles. The van der Waals surface area contributed by atoms with E-state index in [-0.39, 0.29) is 5.56 Å². The minimum atomic E-state index is -4.34. The predicted octanol–water partition coefficient (Wildman–Crippen LogP) is 4.77. The summed E-state index contributed by atoms with van der Waals surface area (Å²) in [7, 11) is 0. The van der Waals surface area contributed by atoms with Crippen molar-refractivity contribution in [2.75, 3.05) is 6.54 Å². The van der Waals surface area contributed by atoms with Gasteiger partial charge >= 0.3 is 6.18 Å². The number of hydrogen-bond acceptors (Lipinski definition) is 2. The molecular weight excluding hydrogens is 283 g/mol. The van der Waals surface area contributed by atoms with Crippen LogP contribution < -0.4 is 5.32 Å². The Morgan fingerprint density at radius 2 is 1.95 bits per heavy atom. The number of hydrogen-bond donors (Lipinski definition) is 1. The molecule has 0 fully saturated rings. The van der Waals surface area contributed by atoms with Crippen LogP contribution in [0.2, 0.25) is 0 Å².